The van der Waals surface area contributed by atoms with Crippen molar-refractivity contribution in [2.75, 3.05) is 7.11 Å². The van der Waals surface area contributed by atoms with E-state index in [1.807, 2.05) is 66.7 Å². The van der Waals surface area contributed by atoms with Gasteiger partial charge >= 0.3 is 0 Å². The van der Waals surface area contributed by atoms with E-state index < -0.39 is 0 Å². The van der Waals surface area contributed by atoms with Crippen LogP contribution in [0.1, 0.15) is 39.6 Å². The van der Waals surface area contributed by atoms with Crippen LogP contribution in [0.4, 0.5) is 0 Å². The number of benzene rings is 2. The molecule has 0 aliphatic carbocycles. The van der Waals surface area contributed by atoms with E-state index in [2.05, 4.69) is 10.3 Å². The molecule has 0 fully saturated rings. The average molecular weight is 401 g/mol. The highest BCUT2D eigenvalue weighted by Gasteiger charge is 2.34. The molecule has 4 rings (SSSR count). The molecule has 1 aromatic heterocycles. The number of ether oxygens (including phenoxy) is 1. The highest BCUT2D eigenvalue weighted by atomic mass is 16.5. The summed E-state index contributed by atoms with van der Waals surface area (Å²) in [6.07, 6.45) is 1.86. The summed E-state index contributed by atoms with van der Waals surface area (Å²) in [4.78, 5) is 31.8. The summed E-state index contributed by atoms with van der Waals surface area (Å²) in [5.41, 5.74) is 3.36. The van der Waals surface area contributed by atoms with E-state index in [-0.39, 0.29) is 24.3 Å². The number of rotatable bonds is 7. The third kappa shape index (κ3) is 4.17. The number of hydrogen-bond acceptors (Lipinski definition) is 4. The van der Waals surface area contributed by atoms with Crippen molar-refractivity contribution in [2.24, 2.45) is 0 Å². The van der Waals surface area contributed by atoms with Crippen LogP contribution in [-0.2, 0) is 17.9 Å². The lowest BCUT2D eigenvalue weighted by Gasteiger charge is -2.28. The zero-order chi connectivity index (χ0) is 20.9. The maximum absolute atomic E-state index is 13.1. The van der Waals surface area contributed by atoms with E-state index in [4.69, 9.17) is 4.74 Å². The van der Waals surface area contributed by atoms with Crippen molar-refractivity contribution in [3.05, 3.63) is 95.3 Å². The molecule has 1 N–H and O–H groups in total. The van der Waals surface area contributed by atoms with Crippen LogP contribution in [0, 0.1) is 0 Å². The molecule has 3 aromatic rings. The van der Waals surface area contributed by atoms with Crippen molar-refractivity contribution in [3.8, 4) is 5.75 Å². The zero-order valence-electron chi connectivity index (χ0n) is 16.7. The van der Waals surface area contributed by atoms with Gasteiger partial charge in [0.1, 0.15) is 5.75 Å². The van der Waals surface area contributed by atoms with Crippen molar-refractivity contribution >= 4 is 11.8 Å². The Hall–Kier alpha value is -3.67. The molecule has 1 aliphatic rings. The molecule has 6 heteroatoms. The number of nitrogens with zero attached hydrogens (tertiary/aromatic N) is 2. The molecule has 0 bridgehead atoms. The summed E-state index contributed by atoms with van der Waals surface area (Å²) in [6, 6.07) is 20.3. The minimum Gasteiger partial charge on any atom is -0.497 e. The van der Waals surface area contributed by atoms with Gasteiger partial charge in [-0.15, -0.1) is 0 Å². The van der Waals surface area contributed by atoms with Gasteiger partial charge in [0.25, 0.3) is 5.91 Å². The fraction of sp³-hybridized carbons (Fsp3) is 0.208. The van der Waals surface area contributed by atoms with Crippen molar-refractivity contribution < 1.29 is 14.3 Å². The van der Waals surface area contributed by atoms with Crippen LogP contribution >= 0.6 is 0 Å². The number of pyridine rings is 1. The van der Waals surface area contributed by atoms with Gasteiger partial charge in [-0.2, -0.15) is 0 Å². The Morgan fingerprint density at radius 1 is 1.10 bits per heavy atom. The normalized spacial score (nSPS) is 13.6. The summed E-state index contributed by atoms with van der Waals surface area (Å²) >= 11 is 0. The second kappa shape index (κ2) is 8.78. The van der Waals surface area contributed by atoms with Crippen LogP contribution in [0.3, 0.4) is 0 Å². The van der Waals surface area contributed by atoms with E-state index >= 15 is 0 Å². The van der Waals surface area contributed by atoms with Crippen LogP contribution in [0.2, 0.25) is 0 Å². The molecule has 30 heavy (non-hydrogen) atoms. The highest BCUT2D eigenvalue weighted by Crippen LogP contribution is 2.34. The molecule has 0 spiro atoms. The summed E-state index contributed by atoms with van der Waals surface area (Å²) < 4.78 is 5.25. The first-order valence-electron chi connectivity index (χ1n) is 9.85. The molecule has 2 amide bonds. The number of methoxy groups -OCH3 is 1. The molecule has 2 heterocycles. The summed E-state index contributed by atoms with van der Waals surface area (Å²) in [6.45, 7) is 0.836. The first kappa shape index (κ1) is 19.6. The van der Waals surface area contributed by atoms with E-state index in [9.17, 15) is 9.59 Å². The third-order valence-electron chi connectivity index (χ3n) is 5.30. The second-order valence-corrected chi connectivity index (χ2v) is 7.18. The van der Waals surface area contributed by atoms with Gasteiger partial charge in [0.05, 0.1) is 31.8 Å². The van der Waals surface area contributed by atoms with Gasteiger partial charge in [-0.1, -0.05) is 36.4 Å². The van der Waals surface area contributed by atoms with Crippen LogP contribution in [0.15, 0.2) is 72.9 Å². The number of amides is 2. The van der Waals surface area contributed by atoms with Crippen molar-refractivity contribution in [3.63, 3.8) is 0 Å². The number of fused-ring (bicyclic) bond motifs is 1. The van der Waals surface area contributed by atoms with Crippen molar-refractivity contribution in [1.29, 1.82) is 0 Å². The lowest BCUT2D eigenvalue weighted by molar-refractivity contribution is -0.122. The van der Waals surface area contributed by atoms with Crippen molar-refractivity contribution in [1.82, 2.24) is 15.2 Å². The minimum absolute atomic E-state index is 0.0519. The molecule has 6 nitrogen and oxygen atoms in total. The maximum atomic E-state index is 13.1. The number of carbonyl (C=O) groups is 2. The minimum atomic E-state index is -0.375. The molecule has 0 unspecified atom stereocenters. The Balaban J connectivity index is 1.54. The molecular weight excluding hydrogens is 378 g/mol. The third-order valence-corrected chi connectivity index (χ3v) is 5.30. The van der Waals surface area contributed by atoms with Crippen molar-refractivity contribution in [2.45, 2.75) is 25.6 Å². The second-order valence-electron chi connectivity index (χ2n) is 7.18. The Morgan fingerprint density at radius 3 is 2.57 bits per heavy atom. The predicted octanol–water partition coefficient (Wildman–Crippen LogP) is 3.49. The molecule has 2 aromatic carbocycles. The maximum Gasteiger partial charge on any atom is 0.255 e. The number of nitrogens with one attached hydrogen (secondary N) is 1. The van der Waals surface area contributed by atoms with Gasteiger partial charge in [-0.25, -0.2) is 0 Å². The molecular formula is C24H23N3O3. The Morgan fingerprint density at radius 2 is 1.87 bits per heavy atom. The largest absolute Gasteiger partial charge is 0.497 e. The SMILES string of the molecule is COc1ccc([C@H](CC(=O)NCc2ccccn2)N2Cc3ccccc3C2=O)cc1. The van der Waals surface area contributed by atoms with E-state index in [1.54, 1.807) is 18.2 Å². The Labute approximate surface area is 175 Å². The summed E-state index contributed by atoms with van der Waals surface area (Å²) in [7, 11) is 1.61. The fourth-order valence-electron chi connectivity index (χ4n) is 3.70. The quantitative estimate of drug-likeness (QED) is 0.658. The molecule has 1 atom stereocenters. The van der Waals surface area contributed by atoms with Gasteiger partial charge in [0.15, 0.2) is 0 Å². The summed E-state index contributed by atoms with van der Waals surface area (Å²) in [5.74, 6) is 0.544. The first-order valence-corrected chi connectivity index (χ1v) is 9.85. The van der Waals surface area contributed by atoms with Gasteiger partial charge in [0.2, 0.25) is 5.91 Å². The zero-order valence-corrected chi connectivity index (χ0v) is 16.7. The van der Waals surface area contributed by atoms with Crippen LogP contribution in [0.25, 0.3) is 0 Å². The Bertz CT molecular complexity index is 1040. The Kier molecular flexibility index (Phi) is 5.75. The lowest BCUT2D eigenvalue weighted by Crippen LogP contribution is -2.34. The number of aromatic nitrogens is 1. The average Bonchev–Trinajstić information content (AvgIpc) is 3.13. The highest BCUT2D eigenvalue weighted by molar-refractivity contribution is 5.98. The number of hydrogen-bond donors (Lipinski definition) is 1. The standard InChI is InChI=1S/C24H23N3O3/c1-30-20-11-9-17(10-12-20)22(14-23(28)26-15-19-7-4-5-13-25-19)27-16-18-6-2-3-8-21(18)24(27)29/h2-13,22H,14-16H2,1H3,(H,26,28)/t22-/m0/s1. The first-order chi connectivity index (χ1) is 14.7. The van der Waals surface area contributed by atoms with E-state index in [0.717, 1.165) is 22.6 Å². The fourth-order valence-corrected chi connectivity index (χ4v) is 3.70. The van der Waals surface area contributed by atoms with Gasteiger partial charge in [0, 0.05) is 18.3 Å². The van der Waals surface area contributed by atoms with Gasteiger partial charge in [-0.3, -0.25) is 14.6 Å². The smallest absolute Gasteiger partial charge is 0.255 e. The molecule has 0 saturated heterocycles. The molecule has 0 saturated carbocycles. The van der Waals surface area contributed by atoms with Gasteiger partial charge in [-0.05, 0) is 41.5 Å². The predicted molar refractivity (Wildman–Crippen MR) is 113 cm³/mol. The van der Waals surface area contributed by atoms with Crippen LogP contribution in [-0.4, -0.2) is 28.8 Å². The lowest BCUT2D eigenvalue weighted by atomic mass is 10.0. The molecule has 1 aliphatic heterocycles. The topological polar surface area (TPSA) is 71.5 Å². The van der Waals surface area contributed by atoms with E-state index in [1.165, 1.54) is 0 Å². The van der Waals surface area contributed by atoms with E-state index in [0.29, 0.717) is 18.7 Å². The van der Waals surface area contributed by atoms with Crippen LogP contribution in [0.5, 0.6) is 5.75 Å². The number of carbonyl (C=O) groups excluding carboxylic acids is 2. The molecule has 152 valence electrons. The van der Waals surface area contributed by atoms with Crippen LogP contribution < -0.4 is 10.1 Å². The monoisotopic (exact) mass is 401 g/mol. The van der Waals surface area contributed by atoms with Gasteiger partial charge < -0.3 is 15.0 Å². The molecule has 0 radical (unpaired) electrons. The summed E-state index contributed by atoms with van der Waals surface area (Å²) in [5, 5.41) is 2.92.